The van der Waals surface area contributed by atoms with E-state index in [1.807, 2.05) is 17.7 Å². The third-order valence-electron chi connectivity index (χ3n) is 3.54. The van der Waals surface area contributed by atoms with Crippen LogP contribution in [0.2, 0.25) is 0 Å². The summed E-state index contributed by atoms with van der Waals surface area (Å²) in [5.74, 6) is 0.864. The summed E-state index contributed by atoms with van der Waals surface area (Å²) in [7, 11) is 0. The maximum atomic E-state index is 12.3. The number of imidazole rings is 1. The van der Waals surface area contributed by atoms with Crippen LogP contribution in [0.3, 0.4) is 0 Å². The summed E-state index contributed by atoms with van der Waals surface area (Å²) in [6, 6.07) is 3.56. The number of hydrogen-bond donors (Lipinski definition) is 1. The van der Waals surface area contributed by atoms with Gasteiger partial charge in [0.15, 0.2) is 11.5 Å². The van der Waals surface area contributed by atoms with Gasteiger partial charge in [-0.1, -0.05) is 12.1 Å². The highest BCUT2D eigenvalue weighted by atomic mass is 16.5. The fraction of sp³-hybridized carbons (Fsp3) is 0.312. The highest BCUT2D eigenvalue weighted by Gasteiger charge is 2.22. The fourth-order valence-electron chi connectivity index (χ4n) is 2.38. The van der Waals surface area contributed by atoms with E-state index in [0.717, 1.165) is 18.5 Å². The van der Waals surface area contributed by atoms with Gasteiger partial charge >= 0.3 is 0 Å². The van der Waals surface area contributed by atoms with Gasteiger partial charge in [0.25, 0.3) is 5.91 Å². The maximum Gasteiger partial charge on any atom is 0.273 e. The van der Waals surface area contributed by atoms with Gasteiger partial charge in [-0.25, -0.2) is 4.98 Å². The van der Waals surface area contributed by atoms with Gasteiger partial charge in [0.1, 0.15) is 0 Å². The van der Waals surface area contributed by atoms with Crippen molar-refractivity contribution < 1.29 is 13.7 Å². The van der Waals surface area contributed by atoms with Gasteiger partial charge in [-0.05, 0) is 25.0 Å². The van der Waals surface area contributed by atoms with Crippen molar-refractivity contribution in [2.45, 2.75) is 26.3 Å². The Morgan fingerprint density at radius 3 is 3.04 bits per heavy atom. The highest BCUT2D eigenvalue weighted by molar-refractivity contribution is 5.94. The maximum absolute atomic E-state index is 12.3. The van der Waals surface area contributed by atoms with E-state index in [0.29, 0.717) is 30.2 Å². The standard InChI is InChI=1S/C16H18N4O3/c1-2-12-14(19-23-15(12)13-5-3-10-22-13)16(21)18-6-4-8-20-9-7-17-11-20/h3,5,7,9-11H,2,4,6,8H2,1H3,(H,18,21). The molecule has 7 nitrogen and oxygen atoms in total. The van der Waals surface area contributed by atoms with Crippen LogP contribution in [0.1, 0.15) is 29.4 Å². The minimum Gasteiger partial charge on any atom is -0.461 e. The second-order valence-electron chi connectivity index (χ2n) is 5.08. The minimum atomic E-state index is -0.228. The minimum absolute atomic E-state index is 0.228. The molecule has 0 aliphatic carbocycles. The Bertz CT molecular complexity index is 744. The first-order valence-electron chi connectivity index (χ1n) is 7.56. The van der Waals surface area contributed by atoms with Crippen LogP contribution in [0, 0.1) is 0 Å². The van der Waals surface area contributed by atoms with Gasteiger partial charge in [0.2, 0.25) is 5.76 Å². The van der Waals surface area contributed by atoms with E-state index >= 15 is 0 Å². The monoisotopic (exact) mass is 314 g/mol. The Kier molecular flexibility index (Phi) is 4.56. The number of amides is 1. The van der Waals surface area contributed by atoms with Gasteiger partial charge in [-0.15, -0.1) is 0 Å². The number of carbonyl (C=O) groups is 1. The third kappa shape index (κ3) is 3.33. The molecule has 0 aliphatic heterocycles. The summed E-state index contributed by atoms with van der Waals surface area (Å²) in [5, 5.41) is 6.78. The van der Waals surface area contributed by atoms with Crippen molar-refractivity contribution in [2.24, 2.45) is 0 Å². The predicted octanol–water partition coefficient (Wildman–Crippen LogP) is 2.51. The van der Waals surface area contributed by atoms with E-state index in [2.05, 4.69) is 15.5 Å². The largest absolute Gasteiger partial charge is 0.461 e. The summed E-state index contributed by atoms with van der Waals surface area (Å²) in [6.07, 6.45) is 8.39. The molecule has 3 aromatic heterocycles. The van der Waals surface area contributed by atoms with Crippen molar-refractivity contribution >= 4 is 5.91 Å². The third-order valence-corrected chi connectivity index (χ3v) is 3.54. The van der Waals surface area contributed by atoms with Crippen molar-refractivity contribution in [2.75, 3.05) is 6.54 Å². The smallest absolute Gasteiger partial charge is 0.273 e. The average molecular weight is 314 g/mol. The molecule has 0 spiro atoms. The topological polar surface area (TPSA) is 86.1 Å². The van der Waals surface area contributed by atoms with Crippen LogP contribution in [0.5, 0.6) is 0 Å². The van der Waals surface area contributed by atoms with E-state index in [1.165, 1.54) is 0 Å². The van der Waals surface area contributed by atoms with Crippen molar-refractivity contribution in [3.05, 3.63) is 48.4 Å². The number of hydrogen-bond acceptors (Lipinski definition) is 5. The predicted molar refractivity (Wildman–Crippen MR) is 82.8 cm³/mol. The molecule has 3 rings (SSSR count). The first kappa shape index (κ1) is 15.1. The molecule has 3 aromatic rings. The average Bonchev–Trinajstić information content (AvgIpc) is 3.31. The van der Waals surface area contributed by atoms with Crippen LogP contribution in [0.4, 0.5) is 0 Å². The Labute approximate surface area is 133 Å². The Morgan fingerprint density at radius 1 is 1.43 bits per heavy atom. The summed E-state index contributed by atoms with van der Waals surface area (Å²) < 4.78 is 12.6. The summed E-state index contributed by atoms with van der Waals surface area (Å²) in [6.45, 7) is 3.31. The van der Waals surface area contributed by atoms with Gasteiger partial charge in [-0.3, -0.25) is 4.79 Å². The molecule has 0 saturated carbocycles. The molecular formula is C16H18N4O3. The lowest BCUT2D eigenvalue weighted by Crippen LogP contribution is -2.26. The lowest BCUT2D eigenvalue weighted by molar-refractivity contribution is 0.0943. The number of furan rings is 1. The zero-order valence-electron chi connectivity index (χ0n) is 12.9. The summed E-state index contributed by atoms with van der Waals surface area (Å²) in [4.78, 5) is 16.3. The molecule has 7 heteroatoms. The van der Waals surface area contributed by atoms with Gasteiger partial charge in [0, 0.05) is 31.0 Å². The molecule has 1 amide bonds. The van der Waals surface area contributed by atoms with Gasteiger partial charge < -0.3 is 18.8 Å². The number of aromatic nitrogens is 3. The second-order valence-corrected chi connectivity index (χ2v) is 5.08. The van der Waals surface area contributed by atoms with Crippen molar-refractivity contribution in [3.8, 4) is 11.5 Å². The zero-order chi connectivity index (χ0) is 16.1. The molecular weight excluding hydrogens is 296 g/mol. The van der Waals surface area contributed by atoms with E-state index in [-0.39, 0.29) is 5.91 Å². The van der Waals surface area contributed by atoms with Crippen LogP contribution in [0.25, 0.3) is 11.5 Å². The first-order chi connectivity index (χ1) is 11.3. The summed E-state index contributed by atoms with van der Waals surface area (Å²) >= 11 is 0. The molecule has 0 unspecified atom stereocenters. The van der Waals surface area contributed by atoms with Crippen LogP contribution < -0.4 is 5.32 Å². The van der Waals surface area contributed by atoms with Crippen molar-refractivity contribution in [3.63, 3.8) is 0 Å². The van der Waals surface area contributed by atoms with Crippen LogP contribution in [-0.4, -0.2) is 27.2 Å². The van der Waals surface area contributed by atoms with Gasteiger partial charge in [-0.2, -0.15) is 0 Å². The molecule has 120 valence electrons. The number of nitrogens with zero attached hydrogens (tertiary/aromatic N) is 3. The molecule has 1 N–H and O–H groups in total. The van der Waals surface area contributed by atoms with E-state index in [4.69, 9.17) is 8.94 Å². The van der Waals surface area contributed by atoms with Crippen molar-refractivity contribution in [1.82, 2.24) is 20.0 Å². The number of carbonyl (C=O) groups excluding carboxylic acids is 1. The normalized spacial score (nSPS) is 10.8. The molecule has 0 atom stereocenters. The number of rotatable bonds is 7. The lowest BCUT2D eigenvalue weighted by Gasteiger charge is -2.05. The second kappa shape index (κ2) is 6.95. The lowest BCUT2D eigenvalue weighted by atomic mass is 10.1. The molecule has 0 bridgehead atoms. The van der Waals surface area contributed by atoms with E-state index < -0.39 is 0 Å². The molecule has 0 saturated heterocycles. The van der Waals surface area contributed by atoms with Gasteiger partial charge in [0.05, 0.1) is 12.6 Å². The van der Waals surface area contributed by atoms with Crippen LogP contribution in [0.15, 0.2) is 46.1 Å². The van der Waals surface area contributed by atoms with E-state index in [1.54, 1.807) is 30.9 Å². The Balaban J connectivity index is 1.61. The van der Waals surface area contributed by atoms with Crippen LogP contribution in [-0.2, 0) is 13.0 Å². The Morgan fingerprint density at radius 2 is 2.35 bits per heavy atom. The fourth-order valence-corrected chi connectivity index (χ4v) is 2.38. The highest BCUT2D eigenvalue weighted by Crippen LogP contribution is 2.27. The number of aryl methyl sites for hydroxylation is 1. The number of nitrogens with one attached hydrogen (secondary N) is 1. The molecule has 23 heavy (non-hydrogen) atoms. The molecule has 0 radical (unpaired) electrons. The molecule has 3 heterocycles. The quantitative estimate of drug-likeness (QED) is 0.677. The Hall–Kier alpha value is -2.83. The molecule has 0 aliphatic rings. The summed E-state index contributed by atoms with van der Waals surface area (Å²) in [5.41, 5.74) is 1.08. The SMILES string of the molecule is CCc1c(C(=O)NCCCn2ccnc2)noc1-c1ccco1. The zero-order valence-corrected chi connectivity index (χ0v) is 12.9. The molecule has 0 fully saturated rings. The van der Waals surface area contributed by atoms with Crippen molar-refractivity contribution in [1.29, 1.82) is 0 Å². The van der Waals surface area contributed by atoms with Crippen LogP contribution >= 0.6 is 0 Å². The molecule has 0 aromatic carbocycles. The first-order valence-corrected chi connectivity index (χ1v) is 7.56. The van der Waals surface area contributed by atoms with E-state index in [9.17, 15) is 4.79 Å².